The van der Waals surface area contributed by atoms with Gasteiger partial charge in [0.1, 0.15) is 17.9 Å². The number of esters is 1. The lowest BCUT2D eigenvalue weighted by atomic mass is 9.96. The van der Waals surface area contributed by atoms with Gasteiger partial charge in [0.25, 0.3) is 0 Å². The van der Waals surface area contributed by atoms with Gasteiger partial charge in [-0.25, -0.2) is 14.8 Å². The molecule has 1 atom stereocenters. The molecule has 2 N–H and O–H groups in total. The number of aliphatic hydroxyl groups is 1. The maximum Gasteiger partial charge on any atom is 0.340 e. The smallest absolute Gasteiger partial charge is 0.340 e. The zero-order chi connectivity index (χ0) is 26.2. The summed E-state index contributed by atoms with van der Waals surface area (Å²) in [6.45, 7) is 0.0465. The summed E-state index contributed by atoms with van der Waals surface area (Å²) in [6, 6.07) is 20.0. The molecule has 0 aliphatic heterocycles. The molecule has 0 fully saturated rings. The van der Waals surface area contributed by atoms with Crippen LogP contribution in [0.2, 0.25) is 0 Å². The number of nitrogens with zero attached hydrogens (tertiary/aromatic N) is 2. The van der Waals surface area contributed by atoms with Gasteiger partial charge in [0.2, 0.25) is 0 Å². The van der Waals surface area contributed by atoms with Crippen molar-refractivity contribution in [1.29, 1.82) is 0 Å². The normalized spacial score (nSPS) is 11.6. The first-order chi connectivity index (χ1) is 18.0. The average molecular weight is 500 g/mol. The van der Waals surface area contributed by atoms with E-state index in [1.54, 1.807) is 43.5 Å². The largest absolute Gasteiger partial charge is 0.497 e. The number of methoxy groups -OCH3 is 2. The van der Waals surface area contributed by atoms with E-state index < -0.39 is 5.97 Å². The molecule has 8 heteroatoms. The number of carbonyl (C=O) groups is 2. The summed E-state index contributed by atoms with van der Waals surface area (Å²) >= 11 is 0. The molecule has 37 heavy (non-hydrogen) atoms. The first-order valence-electron chi connectivity index (χ1n) is 12.0. The third-order valence-corrected chi connectivity index (χ3v) is 6.16. The van der Waals surface area contributed by atoms with Crippen LogP contribution in [0.3, 0.4) is 0 Å². The molecule has 8 nitrogen and oxygen atoms in total. The van der Waals surface area contributed by atoms with Crippen molar-refractivity contribution in [2.24, 2.45) is 0 Å². The molecule has 0 spiro atoms. The second kappa shape index (κ2) is 12.1. The Kier molecular flexibility index (Phi) is 8.43. The van der Waals surface area contributed by atoms with E-state index >= 15 is 0 Å². The van der Waals surface area contributed by atoms with Crippen LogP contribution in [0.25, 0.3) is 10.9 Å². The molecule has 0 saturated heterocycles. The highest BCUT2D eigenvalue weighted by Crippen LogP contribution is 2.29. The molecule has 0 aliphatic carbocycles. The second-order valence-corrected chi connectivity index (χ2v) is 8.55. The monoisotopic (exact) mass is 499 g/mol. The summed E-state index contributed by atoms with van der Waals surface area (Å²) < 4.78 is 10.1. The molecule has 0 radical (unpaired) electrons. The number of ether oxygens (including phenoxy) is 2. The summed E-state index contributed by atoms with van der Waals surface area (Å²) in [6.07, 6.45) is 2.87. The molecule has 3 aromatic carbocycles. The maximum absolute atomic E-state index is 12.9. The van der Waals surface area contributed by atoms with Crippen molar-refractivity contribution in [2.75, 3.05) is 26.1 Å². The van der Waals surface area contributed by atoms with Crippen LogP contribution in [-0.2, 0) is 11.2 Å². The molecule has 1 unspecified atom stereocenters. The Balaban J connectivity index is 1.61. The molecule has 1 aromatic heterocycles. The summed E-state index contributed by atoms with van der Waals surface area (Å²) in [4.78, 5) is 33.8. The van der Waals surface area contributed by atoms with Crippen LogP contribution in [0.1, 0.15) is 50.7 Å². The highest BCUT2D eigenvalue weighted by Gasteiger charge is 2.18. The number of Topliss-reactive ketones (excluding diaryl/α,β-unsaturated/α-hetero) is 1. The minimum absolute atomic E-state index is 0.0109. The highest BCUT2D eigenvalue weighted by atomic mass is 16.5. The van der Waals surface area contributed by atoms with Crippen molar-refractivity contribution in [1.82, 2.24) is 9.97 Å². The Morgan fingerprint density at radius 2 is 1.78 bits per heavy atom. The van der Waals surface area contributed by atoms with Crippen LogP contribution in [0.4, 0.5) is 5.82 Å². The van der Waals surface area contributed by atoms with Crippen molar-refractivity contribution in [3.05, 3.63) is 95.3 Å². The Hall–Kier alpha value is -4.30. The van der Waals surface area contributed by atoms with Crippen LogP contribution in [-0.4, -0.2) is 47.7 Å². The van der Waals surface area contributed by atoms with Gasteiger partial charge < -0.3 is 19.9 Å². The molecule has 4 rings (SSSR count). The Morgan fingerprint density at radius 1 is 1.00 bits per heavy atom. The highest BCUT2D eigenvalue weighted by molar-refractivity contribution is 6.05. The molecule has 190 valence electrons. The van der Waals surface area contributed by atoms with Crippen LogP contribution >= 0.6 is 0 Å². The van der Waals surface area contributed by atoms with Crippen LogP contribution in [0.5, 0.6) is 5.75 Å². The molecule has 1 heterocycles. The number of benzene rings is 3. The molecule has 0 saturated carbocycles. The number of rotatable bonds is 11. The Bertz CT molecular complexity index is 1390. The van der Waals surface area contributed by atoms with Gasteiger partial charge >= 0.3 is 5.97 Å². The molecule has 4 aromatic rings. The number of carbonyl (C=O) groups excluding carboxylic acids is 2. The predicted molar refractivity (Wildman–Crippen MR) is 141 cm³/mol. The lowest BCUT2D eigenvalue weighted by molar-refractivity contribution is 0.0602. The second-order valence-electron chi connectivity index (χ2n) is 8.55. The maximum atomic E-state index is 12.9. The number of aliphatic hydroxyl groups excluding tert-OH is 1. The zero-order valence-corrected chi connectivity index (χ0v) is 20.8. The van der Waals surface area contributed by atoms with Gasteiger partial charge in [0.15, 0.2) is 5.78 Å². The fourth-order valence-corrected chi connectivity index (χ4v) is 4.24. The molecule has 0 aliphatic rings. The standard InChI is InChI=1S/C29H29N3O5/c1-36-22-13-11-20(12-14-22)26(34)17-19-6-3-7-21(16-19)25(10-5-15-33)32-28-23-8-4-9-24(29(35)37-2)27(23)30-18-31-28/h3-4,6-9,11-14,16,18,25,33H,5,10,15,17H2,1-2H3,(H,30,31,32). The minimum atomic E-state index is -0.471. The van der Waals surface area contributed by atoms with E-state index in [0.717, 1.165) is 11.1 Å². The van der Waals surface area contributed by atoms with Crippen molar-refractivity contribution in [3.63, 3.8) is 0 Å². The van der Waals surface area contributed by atoms with Crippen LogP contribution < -0.4 is 10.1 Å². The molecular weight excluding hydrogens is 470 g/mol. The van der Waals surface area contributed by atoms with E-state index in [9.17, 15) is 14.7 Å². The average Bonchev–Trinajstić information content (AvgIpc) is 2.94. The van der Waals surface area contributed by atoms with E-state index in [1.165, 1.54) is 13.4 Å². The van der Waals surface area contributed by atoms with E-state index in [1.807, 2.05) is 30.3 Å². The van der Waals surface area contributed by atoms with E-state index in [4.69, 9.17) is 9.47 Å². The van der Waals surface area contributed by atoms with Gasteiger partial charge in [-0.05, 0) is 60.4 Å². The van der Waals surface area contributed by atoms with Crippen LogP contribution in [0.15, 0.2) is 73.1 Å². The van der Waals surface area contributed by atoms with Gasteiger partial charge in [-0.2, -0.15) is 0 Å². The quantitative estimate of drug-likeness (QED) is 0.224. The number of para-hydroxylation sites is 1. The summed E-state index contributed by atoms with van der Waals surface area (Å²) in [7, 11) is 2.92. The molecule has 0 bridgehead atoms. The van der Waals surface area contributed by atoms with Gasteiger partial charge in [0, 0.05) is 24.0 Å². The lowest BCUT2D eigenvalue weighted by Gasteiger charge is -2.21. The molecule has 0 amide bonds. The fourth-order valence-electron chi connectivity index (χ4n) is 4.24. The van der Waals surface area contributed by atoms with Gasteiger partial charge in [-0.15, -0.1) is 0 Å². The number of anilines is 1. The third kappa shape index (κ3) is 6.10. The summed E-state index contributed by atoms with van der Waals surface area (Å²) in [5, 5.41) is 13.7. The number of hydrogen-bond donors (Lipinski definition) is 2. The number of ketones is 1. The van der Waals surface area contributed by atoms with Crippen LogP contribution in [0, 0.1) is 0 Å². The lowest BCUT2D eigenvalue weighted by Crippen LogP contribution is -2.14. The SMILES string of the molecule is COC(=O)c1cccc2c(NC(CCCO)c3cccc(CC(=O)c4ccc(OC)cc4)c3)ncnc12. The van der Waals surface area contributed by atoms with E-state index in [0.29, 0.717) is 46.4 Å². The number of nitrogens with one attached hydrogen (secondary N) is 1. The predicted octanol–water partition coefficient (Wildman–Crippen LogP) is 4.78. The number of fused-ring (bicyclic) bond motifs is 1. The molecular formula is C29H29N3O5. The summed E-state index contributed by atoms with van der Waals surface area (Å²) in [5.74, 6) is 0.809. The van der Waals surface area contributed by atoms with Gasteiger partial charge in [0.05, 0.1) is 31.3 Å². The fraction of sp³-hybridized carbons (Fsp3) is 0.241. The van der Waals surface area contributed by atoms with Gasteiger partial charge in [-0.1, -0.05) is 30.3 Å². The first-order valence-corrected chi connectivity index (χ1v) is 12.0. The van der Waals surface area contributed by atoms with Crippen molar-refractivity contribution in [2.45, 2.75) is 25.3 Å². The number of hydrogen-bond acceptors (Lipinski definition) is 8. The first kappa shape index (κ1) is 25.8. The Morgan fingerprint density at radius 3 is 2.51 bits per heavy atom. The third-order valence-electron chi connectivity index (χ3n) is 6.16. The van der Waals surface area contributed by atoms with E-state index in [-0.39, 0.29) is 24.9 Å². The summed E-state index contributed by atoms with van der Waals surface area (Å²) in [5.41, 5.74) is 3.32. The van der Waals surface area contributed by atoms with E-state index in [2.05, 4.69) is 15.3 Å². The zero-order valence-electron chi connectivity index (χ0n) is 20.8. The van der Waals surface area contributed by atoms with Crippen molar-refractivity contribution >= 4 is 28.5 Å². The van der Waals surface area contributed by atoms with Gasteiger partial charge in [-0.3, -0.25) is 4.79 Å². The minimum Gasteiger partial charge on any atom is -0.497 e. The number of aromatic nitrogens is 2. The van der Waals surface area contributed by atoms with Crippen molar-refractivity contribution in [3.8, 4) is 5.75 Å². The topological polar surface area (TPSA) is 111 Å². The van der Waals surface area contributed by atoms with Crippen molar-refractivity contribution < 1.29 is 24.2 Å². The Labute approximate surface area is 215 Å².